The Hall–Kier alpha value is -3.30. The van der Waals surface area contributed by atoms with Gasteiger partial charge in [0.2, 0.25) is 5.91 Å². The van der Waals surface area contributed by atoms with Crippen molar-refractivity contribution in [2.45, 2.75) is 6.92 Å². The van der Waals surface area contributed by atoms with Gasteiger partial charge in [-0.25, -0.2) is 4.98 Å². The van der Waals surface area contributed by atoms with Gasteiger partial charge >= 0.3 is 0 Å². The number of nitro groups is 1. The molecule has 0 saturated heterocycles. The largest absolute Gasteiger partial charge is 0.492 e. The zero-order valence-corrected chi connectivity index (χ0v) is 17.5. The van der Waals surface area contributed by atoms with E-state index in [9.17, 15) is 14.9 Å². The second-order valence-electron chi connectivity index (χ2n) is 6.75. The minimum atomic E-state index is -0.447. The maximum absolute atomic E-state index is 12.3. The number of amides is 1. The lowest BCUT2D eigenvalue weighted by molar-refractivity contribution is -0.384. The van der Waals surface area contributed by atoms with Crippen molar-refractivity contribution in [1.29, 1.82) is 0 Å². The van der Waals surface area contributed by atoms with Gasteiger partial charge in [0.25, 0.3) is 5.69 Å². The molecular weight excluding hydrogens is 404 g/mol. The number of carbonyl (C=O) groups excluding carboxylic acids is 1. The van der Waals surface area contributed by atoms with Crippen molar-refractivity contribution in [2.24, 2.45) is 0 Å². The lowest BCUT2D eigenvalue weighted by Crippen LogP contribution is -2.33. The number of thiazole rings is 1. The number of hydrogen-bond donors (Lipinski definition) is 1. The SMILES string of the molecule is Cc1ccccc1OCCN(C)CC(=O)Nc1nc(-c2cccc([N+](=O)[O-])c2)cs1. The van der Waals surface area contributed by atoms with Gasteiger partial charge in [0.15, 0.2) is 5.13 Å². The van der Waals surface area contributed by atoms with Gasteiger partial charge in [0, 0.05) is 29.6 Å². The number of non-ortho nitro benzene ring substituents is 1. The first-order chi connectivity index (χ1) is 14.4. The van der Waals surface area contributed by atoms with E-state index < -0.39 is 4.92 Å². The summed E-state index contributed by atoms with van der Waals surface area (Å²) in [6, 6.07) is 14.0. The van der Waals surface area contributed by atoms with Crippen molar-refractivity contribution in [3.05, 3.63) is 69.6 Å². The first-order valence-electron chi connectivity index (χ1n) is 9.29. The second kappa shape index (κ2) is 9.95. The van der Waals surface area contributed by atoms with Crippen LogP contribution in [0.5, 0.6) is 5.75 Å². The van der Waals surface area contributed by atoms with E-state index in [1.807, 2.05) is 43.1 Å². The number of likely N-dealkylation sites (N-methyl/N-ethyl adjacent to an activating group) is 1. The van der Waals surface area contributed by atoms with Crippen LogP contribution in [0, 0.1) is 17.0 Å². The van der Waals surface area contributed by atoms with Crippen LogP contribution in [-0.2, 0) is 4.79 Å². The van der Waals surface area contributed by atoms with E-state index >= 15 is 0 Å². The Bertz CT molecular complexity index is 1040. The number of carbonyl (C=O) groups is 1. The Kier molecular flexibility index (Phi) is 7.10. The molecule has 0 aliphatic heterocycles. The number of rotatable bonds is 9. The Morgan fingerprint density at radius 2 is 2.07 bits per heavy atom. The highest BCUT2D eigenvalue weighted by Crippen LogP contribution is 2.27. The van der Waals surface area contributed by atoms with Crippen molar-refractivity contribution in [1.82, 2.24) is 9.88 Å². The van der Waals surface area contributed by atoms with Crippen LogP contribution in [0.3, 0.4) is 0 Å². The normalized spacial score (nSPS) is 10.8. The summed E-state index contributed by atoms with van der Waals surface area (Å²) in [5, 5.41) is 15.9. The average molecular weight is 426 g/mol. The number of benzene rings is 2. The number of hydrogen-bond acceptors (Lipinski definition) is 7. The summed E-state index contributed by atoms with van der Waals surface area (Å²) >= 11 is 1.27. The Balaban J connectivity index is 1.48. The number of aromatic nitrogens is 1. The van der Waals surface area contributed by atoms with Gasteiger partial charge in [-0.2, -0.15) is 0 Å². The summed E-state index contributed by atoms with van der Waals surface area (Å²) in [7, 11) is 1.84. The zero-order valence-electron chi connectivity index (χ0n) is 16.7. The molecule has 2 aromatic carbocycles. The predicted molar refractivity (Wildman–Crippen MR) is 117 cm³/mol. The summed E-state index contributed by atoms with van der Waals surface area (Å²) in [5.74, 6) is 0.653. The van der Waals surface area contributed by atoms with E-state index in [0.29, 0.717) is 29.5 Å². The minimum Gasteiger partial charge on any atom is -0.492 e. The van der Waals surface area contributed by atoms with Crippen LogP contribution in [0.15, 0.2) is 53.9 Å². The van der Waals surface area contributed by atoms with E-state index in [-0.39, 0.29) is 18.1 Å². The number of anilines is 1. The number of aryl methyl sites for hydroxylation is 1. The fourth-order valence-corrected chi connectivity index (χ4v) is 3.49. The molecule has 30 heavy (non-hydrogen) atoms. The summed E-state index contributed by atoms with van der Waals surface area (Å²) < 4.78 is 5.75. The summed E-state index contributed by atoms with van der Waals surface area (Å²) in [5.41, 5.74) is 2.28. The molecule has 3 rings (SSSR count). The molecule has 0 radical (unpaired) electrons. The molecule has 1 heterocycles. The molecule has 0 bridgehead atoms. The molecule has 9 heteroatoms. The molecule has 8 nitrogen and oxygen atoms in total. The van der Waals surface area contributed by atoms with Crippen LogP contribution >= 0.6 is 11.3 Å². The molecule has 0 saturated carbocycles. The maximum Gasteiger partial charge on any atom is 0.270 e. The number of ether oxygens (including phenoxy) is 1. The second-order valence-corrected chi connectivity index (χ2v) is 7.60. The monoisotopic (exact) mass is 426 g/mol. The van der Waals surface area contributed by atoms with E-state index in [0.717, 1.165) is 11.3 Å². The van der Waals surface area contributed by atoms with Gasteiger partial charge in [-0.3, -0.25) is 19.8 Å². The molecule has 0 spiro atoms. The van der Waals surface area contributed by atoms with Crippen molar-refractivity contribution >= 4 is 28.1 Å². The third kappa shape index (κ3) is 5.85. The predicted octanol–water partition coefficient (Wildman–Crippen LogP) is 3.98. The Morgan fingerprint density at radius 1 is 1.27 bits per heavy atom. The number of nitro benzene ring substituents is 1. The quantitative estimate of drug-likeness (QED) is 0.411. The minimum absolute atomic E-state index is 0.000579. The molecule has 0 atom stereocenters. The molecule has 0 unspecified atom stereocenters. The van der Waals surface area contributed by atoms with Gasteiger partial charge in [-0.15, -0.1) is 11.3 Å². The third-order valence-corrected chi connectivity index (χ3v) is 5.10. The molecule has 1 aromatic heterocycles. The van der Waals surface area contributed by atoms with Crippen molar-refractivity contribution in [3.63, 3.8) is 0 Å². The highest BCUT2D eigenvalue weighted by Gasteiger charge is 2.13. The van der Waals surface area contributed by atoms with E-state index in [1.54, 1.807) is 17.5 Å². The molecule has 0 aliphatic carbocycles. The Morgan fingerprint density at radius 3 is 2.83 bits per heavy atom. The van der Waals surface area contributed by atoms with Gasteiger partial charge in [-0.05, 0) is 25.6 Å². The van der Waals surface area contributed by atoms with E-state index in [2.05, 4.69) is 10.3 Å². The number of para-hydroxylation sites is 1. The smallest absolute Gasteiger partial charge is 0.270 e. The molecule has 156 valence electrons. The van der Waals surface area contributed by atoms with Crippen LogP contribution in [0.25, 0.3) is 11.3 Å². The third-order valence-electron chi connectivity index (χ3n) is 4.34. The van der Waals surface area contributed by atoms with E-state index in [4.69, 9.17) is 4.74 Å². The van der Waals surface area contributed by atoms with Gasteiger partial charge in [-0.1, -0.05) is 30.3 Å². The zero-order chi connectivity index (χ0) is 21.5. The highest BCUT2D eigenvalue weighted by atomic mass is 32.1. The lowest BCUT2D eigenvalue weighted by atomic mass is 10.1. The lowest BCUT2D eigenvalue weighted by Gasteiger charge is -2.16. The average Bonchev–Trinajstić information content (AvgIpc) is 3.18. The molecule has 0 fully saturated rings. The molecule has 3 aromatic rings. The van der Waals surface area contributed by atoms with Crippen LogP contribution in [0.1, 0.15) is 5.56 Å². The fraction of sp³-hybridized carbons (Fsp3) is 0.238. The van der Waals surface area contributed by atoms with Crippen LogP contribution in [0.2, 0.25) is 0 Å². The summed E-state index contributed by atoms with van der Waals surface area (Å²) in [6.07, 6.45) is 0. The molecule has 0 aliphatic rings. The first-order valence-corrected chi connectivity index (χ1v) is 10.2. The topological polar surface area (TPSA) is 97.6 Å². The van der Waals surface area contributed by atoms with Crippen LogP contribution in [-0.4, -0.2) is 47.5 Å². The summed E-state index contributed by atoms with van der Waals surface area (Å²) in [6.45, 7) is 3.26. The van der Waals surface area contributed by atoms with Crippen molar-refractivity contribution < 1.29 is 14.5 Å². The van der Waals surface area contributed by atoms with Gasteiger partial charge < -0.3 is 10.1 Å². The van der Waals surface area contributed by atoms with Crippen molar-refractivity contribution in [3.8, 4) is 17.0 Å². The molecular formula is C21H22N4O4S. The summed E-state index contributed by atoms with van der Waals surface area (Å²) in [4.78, 5) is 29.0. The standard InChI is InChI=1S/C21H22N4O4S/c1-15-6-3-4-9-19(15)29-11-10-24(2)13-20(26)23-21-22-18(14-30-21)16-7-5-8-17(12-16)25(27)28/h3-9,12,14H,10-11,13H2,1-2H3,(H,22,23,26). The fourth-order valence-electron chi connectivity index (χ4n) is 2.76. The first kappa shape index (κ1) is 21.4. The Labute approximate surface area is 178 Å². The van der Waals surface area contributed by atoms with Gasteiger partial charge in [0.1, 0.15) is 12.4 Å². The van der Waals surface area contributed by atoms with Crippen LogP contribution in [0.4, 0.5) is 10.8 Å². The number of nitrogens with one attached hydrogen (secondary N) is 1. The number of nitrogens with zero attached hydrogens (tertiary/aromatic N) is 3. The highest BCUT2D eigenvalue weighted by molar-refractivity contribution is 7.14. The van der Waals surface area contributed by atoms with Gasteiger partial charge in [0.05, 0.1) is 17.2 Å². The van der Waals surface area contributed by atoms with Crippen molar-refractivity contribution in [2.75, 3.05) is 32.1 Å². The maximum atomic E-state index is 12.3. The van der Waals surface area contributed by atoms with Crippen LogP contribution < -0.4 is 10.1 Å². The van der Waals surface area contributed by atoms with E-state index in [1.165, 1.54) is 23.5 Å². The molecule has 1 amide bonds. The molecule has 1 N–H and O–H groups in total.